The number of amides is 1. The summed E-state index contributed by atoms with van der Waals surface area (Å²) < 4.78 is 39.4. The second-order valence-corrected chi connectivity index (χ2v) is 6.30. The van der Waals surface area contributed by atoms with Gasteiger partial charge in [0, 0.05) is 12.1 Å². The van der Waals surface area contributed by atoms with E-state index in [1.807, 2.05) is 20.8 Å². The second kappa shape index (κ2) is 6.25. The minimum absolute atomic E-state index is 0.0127. The smallest absolute Gasteiger partial charge is 0.350 e. The van der Waals surface area contributed by atoms with Crippen molar-refractivity contribution in [3.05, 3.63) is 18.0 Å². The number of aromatic nitrogens is 4. The molecular formula is C14H19F3N6O. The molecular weight excluding hydrogens is 325 g/mol. The van der Waals surface area contributed by atoms with Crippen LogP contribution >= 0.6 is 0 Å². The van der Waals surface area contributed by atoms with Crippen molar-refractivity contribution in [1.29, 1.82) is 0 Å². The quantitative estimate of drug-likeness (QED) is 0.917. The van der Waals surface area contributed by atoms with Gasteiger partial charge in [0.2, 0.25) is 5.91 Å². The van der Waals surface area contributed by atoms with Crippen molar-refractivity contribution < 1.29 is 18.0 Å². The highest BCUT2D eigenvalue weighted by molar-refractivity contribution is 5.81. The lowest BCUT2D eigenvalue weighted by Gasteiger charge is -2.25. The van der Waals surface area contributed by atoms with Gasteiger partial charge >= 0.3 is 6.18 Å². The normalized spacial score (nSPS) is 12.5. The van der Waals surface area contributed by atoms with Crippen molar-refractivity contribution in [1.82, 2.24) is 25.1 Å². The van der Waals surface area contributed by atoms with Gasteiger partial charge in [-0.25, -0.2) is 0 Å². The van der Waals surface area contributed by atoms with Gasteiger partial charge in [-0.2, -0.15) is 17.7 Å². The van der Waals surface area contributed by atoms with Gasteiger partial charge in [-0.1, -0.05) is 0 Å². The minimum atomic E-state index is -4.66. The molecule has 24 heavy (non-hydrogen) atoms. The van der Waals surface area contributed by atoms with E-state index in [2.05, 4.69) is 20.6 Å². The van der Waals surface area contributed by atoms with E-state index in [-0.39, 0.29) is 23.9 Å². The topological polar surface area (TPSA) is 75.4 Å². The maximum Gasteiger partial charge on any atom is 0.453 e. The highest BCUT2D eigenvalue weighted by atomic mass is 19.4. The zero-order valence-corrected chi connectivity index (χ0v) is 13.8. The molecule has 0 radical (unpaired) electrons. The number of carbonyl (C=O) groups is 1. The summed E-state index contributed by atoms with van der Waals surface area (Å²) in [4.78, 5) is 13.6. The number of nitrogens with one attached hydrogen (secondary N) is 1. The van der Waals surface area contributed by atoms with E-state index < -0.39 is 17.5 Å². The number of nitrogens with zero attached hydrogens (tertiary/aromatic N) is 5. The first-order valence-electron chi connectivity index (χ1n) is 7.37. The first-order valence-corrected chi connectivity index (χ1v) is 7.37. The Morgan fingerprint density at radius 3 is 2.46 bits per heavy atom. The average molecular weight is 344 g/mol. The third-order valence-corrected chi connectivity index (χ3v) is 3.06. The van der Waals surface area contributed by atoms with Gasteiger partial charge in [-0.05, 0) is 39.8 Å². The van der Waals surface area contributed by atoms with E-state index in [0.717, 1.165) is 0 Å². The summed E-state index contributed by atoms with van der Waals surface area (Å²) in [7, 11) is 0. The van der Waals surface area contributed by atoms with Crippen molar-refractivity contribution >= 4 is 17.4 Å². The number of fused-ring (bicyclic) bond motifs is 1. The molecule has 0 unspecified atom stereocenters. The lowest BCUT2D eigenvalue weighted by atomic mass is 10.1. The van der Waals surface area contributed by atoms with Crippen LogP contribution in [0.3, 0.4) is 0 Å². The van der Waals surface area contributed by atoms with Crippen molar-refractivity contribution in [3.63, 3.8) is 0 Å². The van der Waals surface area contributed by atoms with Gasteiger partial charge < -0.3 is 10.2 Å². The number of anilines is 1. The summed E-state index contributed by atoms with van der Waals surface area (Å²) in [6.07, 6.45) is -4.66. The molecule has 2 aromatic heterocycles. The number of halogens is 3. The van der Waals surface area contributed by atoms with E-state index in [9.17, 15) is 18.0 Å². The fourth-order valence-electron chi connectivity index (χ4n) is 2.11. The molecule has 0 bridgehead atoms. The number of hydrogen-bond donors (Lipinski definition) is 1. The highest BCUT2D eigenvalue weighted by Gasteiger charge is 2.37. The summed E-state index contributed by atoms with van der Waals surface area (Å²) in [5.74, 6) is -1.21. The molecule has 0 aromatic carbocycles. The van der Waals surface area contributed by atoms with Crippen molar-refractivity contribution in [2.24, 2.45) is 0 Å². The number of rotatable bonds is 4. The molecule has 2 rings (SSSR count). The Labute approximate surface area is 136 Å². The van der Waals surface area contributed by atoms with Gasteiger partial charge in [0.15, 0.2) is 5.65 Å². The van der Waals surface area contributed by atoms with Crippen LogP contribution in [0.1, 0.15) is 33.5 Å². The highest BCUT2D eigenvalue weighted by Crippen LogP contribution is 2.27. The molecule has 0 spiro atoms. The zero-order chi connectivity index (χ0) is 18.1. The Hall–Kier alpha value is -2.39. The summed E-state index contributed by atoms with van der Waals surface area (Å²) in [5, 5.41) is 13.3. The summed E-state index contributed by atoms with van der Waals surface area (Å²) in [6, 6.07) is 2.90. The third kappa shape index (κ3) is 4.12. The lowest BCUT2D eigenvalue weighted by Crippen LogP contribution is -2.46. The van der Waals surface area contributed by atoms with Gasteiger partial charge in [-0.15, -0.1) is 15.3 Å². The Morgan fingerprint density at radius 2 is 1.92 bits per heavy atom. The second-order valence-electron chi connectivity index (χ2n) is 6.30. The summed E-state index contributed by atoms with van der Waals surface area (Å²) >= 11 is 0. The number of likely N-dealkylation sites (N-methyl/N-ethyl adjacent to an activating group) is 1. The van der Waals surface area contributed by atoms with E-state index in [0.29, 0.717) is 11.1 Å². The van der Waals surface area contributed by atoms with E-state index >= 15 is 0 Å². The molecule has 132 valence electrons. The van der Waals surface area contributed by atoms with Crippen molar-refractivity contribution in [3.8, 4) is 0 Å². The molecule has 0 aliphatic rings. The van der Waals surface area contributed by atoms with Gasteiger partial charge in [0.1, 0.15) is 5.82 Å². The van der Waals surface area contributed by atoms with Crippen molar-refractivity contribution in [2.45, 2.75) is 39.4 Å². The molecule has 2 aromatic rings. The van der Waals surface area contributed by atoms with E-state index in [4.69, 9.17) is 0 Å². The molecule has 0 atom stereocenters. The molecule has 1 N–H and O–H groups in total. The Morgan fingerprint density at radius 1 is 1.25 bits per heavy atom. The van der Waals surface area contributed by atoms with Crippen LogP contribution < -0.4 is 10.2 Å². The largest absolute Gasteiger partial charge is 0.453 e. The monoisotopic (exact) mass is 344 g/mol. The molecule has 0 saturated carbocycles. The Balaban J connectivity index is 2.30. The minimum Gasteiger partial charge on any atom is -0.350 e. The molecule has 0 aliphatic heterocycles. The average Bonchev–Trinajstić information content (AvgIpc) is 2.85. The molecule has 0 saturated heterocycles. The van der Waals surface area contributed by atoms with E-state index in [1.54, 1.807) is 11.8 Å². The zero-order valence-electron chi connectivity index (χ0n) is 13.8. The maximum absolute atomic E-state index is 12.9. The SMILES string of the molecule is CCN(CC(=O)NC(C)(C)C)c1ccc2nnc(C(F)(F)F)n2n1. The summed E-state index contributed by atoms with van der Waals surface area (Å²) in [5.41, 5.74) is -0.410. The molecule has 1 amide bonds. The fourth-order valence-corrected chi connectivity index (χ4v) is 2.11. The first kappa shape index (κ1) is 18.0. The first-order chi connectivity index (χ1) is 11.0. The van der Waals surface area contributed by atoms with Crippen LogP contribution in [0.2, 0.25) is 0 Å². The standard InChI is InChI=1S/C14H19F3N6O/c1-5-22(8-11(24)18-13(2,3)4)10-7-6-9-19-20-12(14(15,16)17)23(9)21-10/h6-7H,5,8H2,1-4H3,(H,18,24). The predicted molar refractivity (Wildman–Crippen MR) is 81.6 cm³/mol. The van der Waals surface area contributed by atoms with Gasteiger partial charge in [-0.3, -0.25) is 4.79 Å². The fraction of sp³-hybridized carbons (Fsp3) is 0.571. The van der Waals surface area contributed by atoms with Crippen molar-refractivity contribution in [2.75, 3.05) is 18.0 Å². The number of alkyl halides is 3. The van der Waals surface area contributed by atoms with Crippen LogP contribution in [-0.4, -0.2) is 44.3 Å². The van der Waals surface area contributed by atoms with Crippen LogP contribution in [0, 0.1) is 0 Å². The Bertz CT molecular complexity index is 734. The molecule has 10 heteroatoms. The Kier molecular flexibility index (Phi) is 4.68. The van der Waals surface area contributed by atoms with Crippen LogP contribution in [0.4, 0.5) is 19.0 Å². The van der Waals surface area contributed by atoms with Gasteiger partial charge in [0.25, 0.3) is 5.82 Å². The van der Waals surface area contributed by atoms with Crippen LogP contribution in [0.5, 0.6) is 0 Å². The van der Waals surface area contributed by atoms with Gasteiger partial charge in [0.05, 0.1) is 6.54 Å². The van der Waals surface area contributed by atoms with E-state index in [1.165, 1.54) is 12.1 Å². The molecule has 7 nitrogen and oxygen atoms in total. The number of carbonyl (C=O) groups excluding carboxylic acids is 1. The molecule has 0 fully saturated rings. The van der Waals surface area contributed by atoms with Crippen LogP contribution in [0.15, 0.2) is 12.1 Å². The molecule has 0 aliphatic carbocycles. The predicted octanol–water partition coefficient (Wildman–Crippen LogP) is 1.88. The van der Waals surface area contributed by atoms with Crippen LogP contribution in [-0.2, 0) is 11.0 Å². The third-order valence-electron chi connectivity index (χ3n) is 3.06. The number of hydrogen-bond acceptors (Lipinski definition) is 5. The molecule has 2 heterocycles. The summed E-state index contributed by atoms with van der Waals surface area (Å²) in [6.45, 7) is 7.71. The lowest BCUT2D eigenvalue weighted by molar-refractivity contribution is -0.146. The van der Waals surface area contributed by atoms with Crippen LogP contribution in [0.25, 0.3) is 5.65 Å². The maximum atomic E-state index is 12.9.